The minimum atomic E-state index is -0.723. The van der Waals surface area contributed by atoms with Crippen LogP contribution < -0.4 is 5.73 Å². The van der Waals surface area contributed by atoms with Gasteiger partial charge in [-0.2, -0.15) is 0 Å². The Morgan fingerprint density at radius 2 is 2.06 bits per heavy atom. The molecule has 0 saturated heterocycles. The summed E-state index contributed by atoms with van der Waals surface area (Å²) >= 11 is 0. The van der Waals surface area contributed by atoms with Gasteiger partial charge in [-0.25, -0.2) is 0 Å². The molecule has 1 rings (SSSR count). The van der Waals surface area contributed by atoms with Crippen LogP contribution in [-0.4, -0.2) is 34.9 Å². The van der Waals surface area contributed by atoms with Crippen LogP contribution in [-0.2, 0) is 11.2 Å². The molecule has 1 aromatic rings. The first-order valence-electron chi connectivity index (χ1n) is 6.48. The van der Waals surface area contributed by atoms with E-state index in [2.05, 4.69) is 4.98 Å². The molecule has 0 radical (unpaired) electrons. The molecule has 18 heavy (non-hydrogen) atoms. The average Bonchev–Trinajstić information content (AvgIpc) is 2.44. The Bertz CT molecular complexity index is 374. The molecule has 4 heteroatoms. The summed E-state index contributed by atoms with van der Waals surface area (Å²) in [6, 6.07) is 5.81. The van der Waals surface area contributed by atoms with Gasteiger partial charge in [0.05, 0.1) is 5.54 Å². The number of amides is 1. The minimum Gasteiger partial charge on any atom is -0.344 e. The second-order valence-electron chi connectivity index (χ2n) is 4.66. The van der Waals surface area contributed by atoms with Gasteiger partial charge < -0.3 is 10.6 Å². The Morgan fingerprint density at radius 3 is 2.56 bits per heavy atom. The molecule has 0 bridgehead atoms. The molecular weight excluding hydrogens is 226 g/mol. The highest BCUT2D eigenvalue weighted by atomic mass is 16.2. The average molecular weight is 249 g/mol. The van der Waals surface area contributed by atoms with Crippen LogP contribution in [0.15, 0.2) is 24.4 Å². The van der Waals surface area contributed by atoms with Crippen molar-refractivity contribution in [3.05, 3.63) is 30.1 Å². The zero-order chi connectivity index (χ0) is 13.6. The first-order chi connectivity index (χ1) is 8.53. The fourth-order valence-corrected chi connectivity index (χ4v) is 1.86. The zero-order valence-corrected chi connectivity index (χ0v) is 11.5. The molecule has 100 valence electrons. The summed E-state index contributed by atoms with van der Waals surface area (Å²) in [5.41, 5.74) is 6.37. The van der Waals surface area contributed by atoms with Gasteiger partial charge in [-0.3, -0.25) is 9.78 Å². The third-order valence-corrected chi connectivity index (χ3v) is 3.46. The summed E-state index contributed by atoms with van der Waals surface area (Å²) in [5, 5.41) is 0. The van der Waals surface area contributed by atoms with E-state index in [9.17, 15) is 4.79 Å². The van der Waals surface area contributed by atoms with Crippen LogP contribution in [0.5, 0.6) is 0 Å². The second-order valence-corrected chi connectivity index (χ2v) is 4.66. The van der Waals surface area contributed by atoms with Gasteiger partial charge in [0.25, 0.3) is 0 Å². The molecule has 0 aliphatic rings. The van der Waals surface area contributed by atoms with Crippen LogP contribution in [0, 0.1) is 0 Å². The number of nitrogens with zero attached hydrogens (tertiary/aromatic N) is 2. The van der Waals surface area contributed by atoms with Gasteiger partial charge in [-0.05, 0) is 25.0 Å². The number of rotatable bonds is 6. The van der Waals surface area contributed by atoms with Crippen molar-refractivity contribution in [1.29, 1.82) is 0 Å². The molecule has 0 aliphatic carbocycles. The Labute approximate surface area is 109 Å². The topological polar surface area (TPSA) is 59.2 Å². The molecule has 0 unspecified atom stereocenters. The van der Waals surface area contributed by atoms with E-state index >= 15 is 0 Å². The lowest BCUT2D eigenvalue weighted by Gasteiger charge is -2.30. The minimum absolute atomic E-state index is 0.0171. The number of likely N-dealkylation sites (N-methyl/N-ethyl adjacent to an activating group) is 1. The molecule has 2 N–H and O–H groups in total. The highest BCUT2D eigenvalue weighted by molar-refractivity contribution is 5.85. The number of aromatic nitrogens is 1. The second kappa shape index (κ2) is 6.50. The van der Waals surface area contributed by atoms with E-state index in [0.717, 1.165) is 12.1 Å². The van der Waals surface area contributed by atoms with E-state index in [-0.39, 0.29) is 5.91 Å². The Balaban J connectivity index is 2.55. The molecule has 1 heterocycles. The van der Waals surface area contributed by atoms with Gasteiger partial charge in [0.2, 0.25) is 5.91 Å². The Hall–Kier alpha value is -1.42. The van der Waals surface area contributed by atoms with Crippen molar-refractivity contribution in [3.63, 3.8) is 0 Å². The first-order valence-corrected chi connectivity index (χ1v) is 6.48. The number of pyridine rings is 1. The van der Waals surface area contributed by atoms with Crippen molar-refractivity contribution in [2.24, 2.45) is 5.73 Å². The zero-order valence-electron chi connectivity index (χ0n) is 11.5. The maximum absolute atomic E-state index is 12.2. The lowest BCUT2D eigenvalue weighted by Crippen LogP contribution is -2.53. The van der Waals surface area contributed by atoms with Crippen LogP contribution in [0.3, 0.4) is 0 Å². The molecule has 1 aromatic heterocycles. The predicted molar refractivity (Wildman–Crippen MR) is 73.1 cm³/mol. The molecule has 0 atom stereocenters. The number of carbonyl (C=O) groups excluding carboxylic acids is 1. The summed E-state index contributed by atoms with van der Waals surface area (Å²) in [4.78, 5) is 18.2. The predicted octanol–water partition coefficient (Wildman–Crippen LogP) is 1.60. The lowest BCUT2D eigenvalue weighted by atomic mass is 9.92. The van der Waals surface area contributed by atoms with Gasteiger partial charge in [-0.1, -0.05) is 19.9 Å². The van der Waals surface area contributed by atoms with E-state index in [1.807, 2.05) is 32.0 Å². The quantitative estimate of drug-likeness (QED) is 0.833. The van der Waals surface area contributed by atoms with Gasteiger partial charge in [0.15, 0.2) is 0 Å². The van der Waals surface area contributed by atoms with Gasteiger partial charge >= 0.3 is 0 Å². The van der Waals surface area contributed by atoms with Crippen molar-refractivity contribution in [3.8, 4) is 0 Å². The fourth-order valence-electron chi connectivity index (χ4n) is 1.86. The first kappa shape index (κ1) is 14.6. The maximum Gasteiger partial charge on any atom is 0.242 e. The molecule has 0 spiro atoms. The molecule has 0 aliphatic heterocycles. The summed E-state index contributed by atoms with van der Waals surface area (Å²) in [7, 11) is 1.80. The van der Waals surface area contributed by atoms with Crippen molar-refractivity contribution in [2.45, 2.75) is 38.6 Å². The normalized spacial score (nSPS) is 11.3. The summed E-state index contributed by atoms with van der Waals surface area (Å²) < 4.78 is 0. The van der Waals surface area contributed by atoms with Crippen LogP contribution in [0.4, 0.5) is 0 Å². The summed E-state index contributed by atoms with van der Waals surface area (Å²) in [6.07, 6.45) is 3.85. The largest absolute Gasteiger partial charge is 0.344 e. The van der Waals surface area contributed by atoms with E-state index in [4.69, 9.17) is 5.73 Å². The van der Waals surface area contributed by atoms with E-state index < -0.39 is 5.54 Å². The third-order valence-electron chi connectivity index (χ3n) is 3.46. The van der Waals surface area contributed by atoms with Gasteiger partial charge in [0, 0.05) is 31.9 Å². The monoisotopic (exact) mass is 249 g/mol. The molecule has 1 amide bonds. The van der Waals surface area contributed by atoms with E-state index in [1.54, 1.807) is 18.1 Å². The maximum atomic E-state index is 12.2. The SMILES string of the molecule is CCC(N)(CC)C(=O)N(C)CCc1ccccn1. The van der Waals surface area contributed by atoms with Gasteiger partial charge in [-0.15, -0.1) is 0 Å². The van der Waals surface area contributed by atoms with Crippen LogP contribution in [0.1, 0.15) is 32.4 Å². The van der Waals surface area contributed by atoms with Crippen LogP contribution >= 0.6 is 0 Å². The third kappa shape index (κ3) is 3.53. The van der Waals surface area contributed by atoms with Crippen molar-refractivity contribution < 1.29 is 4.79 Å². The smallest absolute Gasteiger partial charge is 0.242 e. The molecule has 0 saturated carbocycles. The van der Waals surface area contributed by atoms with Crippen molar-refractivity contribution in [1.82, 2.24) is 9.88 Å². The van der Waals surface area contributed by atoms with Gasteiger partial charge in [0.1, 0.15) is 0 Å². The van der Waals surface area contributed by atoms with E-state index in [1.165, 1.54) is 0 Å². The summed E-state index contributed by atoms with van der Waals surface area (Å²) in [5.74, 6) is 0.0171. The molecule has 0 aromatic carbocycles. The number of hydrogen-bond acceptors (Lipinski definition) is 3. The Morgan fingerprint density at radius 1 is 1.39 bits per heavy atom. The number of nitrogens with two attached hydrogens (primary N) is 1. The fraction of sp³-hybridized carbons (Fsp3) is 0.571. The molecule has 0 fully saturated rings. The van der Waals surface area contributed by atoms with Crippen molar-refractivity contribution in [2.75, 3.05) is 13.6 Å². The lowest BCUT2D eigenvalue weighted by molar-refractivity contribution is -0.135. The van der Waals surface area contributed by atoms with E-state index in [0.29, 0.717) is 19.4 Å². The molecular formula is C14H23N3O. The van der Waals surface area contributed by atoms with Crippen LogP contribution in [0.2, 0.25) is 0 Å². The summed E-state index contributed by atoms with van der Waals surface area (Å²) in [6.45, 7) is 4.55. The highest BCUT2D eigenvalue weighted by Gasteiger charge is 2.32. The molecule has 4 nitrogen and oxygen atoms in total. The highest BCUT2D eigenvalue weighted by Crippen LogP contribution is 2.14. The van der Waals surface area contributed by atoms with Crippen molar-refractivity contribution >= 4 is 5.91 Å². The number of hydrogen-bond donors (Lipinski definition) is 1. The standard InChI is InChI=1S/C14H23N3O/c1-4-14(15,5-2)13(18)17(3)11-9-12-8-6-7-10-16-12/h6-8,10H,4-5,9,11,15H2,1-3H3. The Kier molecular flexibility index (Phi) is 5.28. The number of carbonyl (C=O) groups is 1. The van der Waals surface area contributed by atoms with Crippen LogP contribution in [0.25, 0.3) is 0 Å².